The number of amides is 1. The van der Waals surface area contributed by atoms with E-state index < -0.39 is 17.7 Å². The Kier molecular flexibility index (Phi) is 6.70. The predicted octanol–water partition coefficient (Wildman–Crippen LogP) is 4.48. The number of ketones is 1. The van der Waals surface area contributed by atoms with Crippen LogP contribution >= 0.6 is 0 Å². The smallest absolute Gasteiger partial charge is 0.290 e. The molecule has 3 rings (SSSR count). The van der Waals surface area contributed by atoms with Crippen LogP contribution in [0.1, 0.15) is 49.8 Å². The van der Waals surface area contributed by atoms with Gasteiger partial charge in [0, 0.05) is 13.0 Å². The molecular formula is C24H27NO4. The molecule has 0 saturated carbocycles. The summed E-state index contributed by atoms with van der Waals surface area (Å²) in [6.07, 6.45) is 3.48. The van der Waals surface area contributed by atoms with Crippen LogP contribution in [0, 0.1) is 0 Å². The van der Waals surface area contributed by atoms with Gasteiger partial charge >= 0.3 is 0 Å². The molecule has 1 aliphatic heterocycles. The number of aromatic hydroxyl groups is 1. The molecule has 1 amide bonds. The van der Waals surface area contributed by atoms with E-state index in [-0.39, 0.29) is 23.5 Å². The van der Waals surface area contributed by atoms with E-state index in [1.807, 2.05) is 30.3 Å². The molecule has 0 aromatic heterocycles. The number of aliphatic hydroxyl groups is 1. The third kappa shape index (κ3) is 4.67. The molecule has 152 valence electrons. The third-order valence-electron chi connectivity index (χ3n) is 5.28. The predicted molar refractivity (Wildman–Crippen MR) is 112 cm³/mol. The molecule has 0 radical (unpaired) electrons. The lowest BCUT2D eigenvalue weighted by atomic mass is 9.93. The van der Waals surface area contributed by atoms with Crippen molar-refractivity contribution >= 4 is 11.7 Å². The lowest BCUT2D eigenvalue weighted by molar-refractivity contribution is -0.129. The van der Waals surface area contributed by atoms with Crippen molar-refractivity contribution in [3.8, 4) is 5.75 Å². The first kappa shape index (κ1) is 20.6. The van der Waals surface area contributed by atoms with E-state index in [1.54, 1.807) is 29.2 Å². The Hall–Kier alpha value is -3.08. The first-order valence-electron chi connectivity index (χ1n) is 10.1. The van der Waals surface area contributed by atoms with Crippen LogP contribution in [-0.2, 0) is 16.0 Å². The number of nitrogens with zero attached hydrogens (tertiary/aromatic N) is 1. The number of benzene rings is 2. The SMILES string of the molecule is CCCCCN1C(=O)C(O)=C(C(=O)CCc2ccccc2)C1c1cccc(O)c1. The van der Waals surface area contributed by atoms with Crippen molar-refractivity contribution in [1.29, 1.82) is 0 Å². The summed E-state index contributed by atoms with van der Waals surface area (Å²) < 4.78 is 0. The molecule has 2 N–H and O–H groups in total. The van der Waals surface area contributed by atoms with Gasteiger partial charge in [0.2, 0.25) is 0 Å². The number of hydrogen-bond donors (Lipinski definition) is 2. The minimum atomic E-state index is -0.672. The number of Topliss-reactive ketones (excluding diaryl/α,β-unsaturated/α-hetero) is 1. The first-order chi connectivity index (χ1) is 14.0. The van der Waals surface area contributed by atoms with Crippen LogP contribution in [0.2, 0.25) is 0 Å². The average molecular weight is 393 g/mol. The Labute approximate surface area is 171 Å². The summed E-state index contributed by atoms with van der Waals surface area (Å²) >= 11 is 0. The fourth-order valence-electron chi connectivity index (χ4n) is 3.78. The van der Waals surface area contributed by atoms with Crippen LogP contribution in [0.15, 0.2) is 65.9 Å². The number of carbonyl (C=O) groups is 2. The van der Waals surface area contributed by atoms with Crippen LogP contribution in [0.4, 0.5) is 0 Å². The largest absolute Gasteiger partial charge is 0.508 e. The minimum absolute atomic E-state index is 0.0610. The van der Waals surface area contributed by atoms with Gasteiger partial charge < -0.3 is 15.1 Å². The van der Waals surface area contributed by atoms with Gasteiger partial charge in [-0.05, 0) is 36.1 Å². The zero-order chi connectivity index (χ0) is 20.8. The van der Waals surface area contributed by atoms with Gasteiger partial charge in [-0.2, -0.15) is 0 Å². The fraction of sp³-hybridized carbons (Fsp3) is 0.333. The second kappa shape index (κ2) is 9.41. The summed E-state index contributed by atoms with van der Waals surface area (Å²) in [7, 11) is 0. The topological polar surface area (TPSA) is 77.8 Å². The van der Waals surface area contributed by atoms with Gasteiger partial charge in [-0.15, -0.1) is 0 Å². The number of phenolic OH excluding ortho intramolecular Hbond substituents is 1. The maximum atomic E-state index is 13.1. The van der Waals surface area contributed by atoms with Crippen molar-refractivity contribution in [2.24, 2.45) is 0 Å². The lowest BCUT2D eigenvalue weighted by Gasteiger charge is -2.27. The standard InChI is InChI=1S/C24H27NO4/c1-2-3-7-15-25-22(18-11-8-12-19(26)16-18)21(23(28)24(25)29)20(27)14-13-17-9-5-4-6-10-17/h4-6,8-12,16,22,26,28H,2-3,7,13-15H2,1H3. The van der Waals surface area contributed by atoms with Crippen molar-refractivity contribution in [3.63, 3.8) is 0 Å². The number of rotatable bonds is 9. The van der Waals surface area contributed by atoms with E-state index in [0.717, 1.165) is 24.8 Å². The van der Waals surface area contributed by atoms with Gasteiger partial charge in [0.15, 0.2) is 11.5 Å². The fourth-order valence-corrected chi connectivity index (χ4v) is 3.78. The highest BCUT2D eigenvalue weighted by atomic mass is 16.3. The monoisotopic (exact) mass is 393 g/mol. The summed E-state index contributed by atoms with van der Waals surface area (Å²) in [6, 6.07) is 15.5. The number of unbranched alkanes of at least 4 members (excludes halogenated alkanes) is 2. The Morgan fingerprint density at radius 1 is 1.03 bits per heavy atom. The molecule has 1 heterocycles. The van der Waals surface area contributed by atoms with E-state index in [0.29, 0.717) is 18.5 Å². The quantitative estimate of drug-likeness (QED) is 0.616. The summed E-state index contributed by atoms with van der Waals surface area (Å²) in [5.41, 5.74) is 1.79. The van der Waals surface area contributed by atoms with Gasteiger partial charge in [-0.1, -0.05) is 62.2 Å². The molecular weight excluding hydrogens is 366 g/mol. The Balaban J connectivity index is 1.88. The van der Waals surface area contributed by atoms with E-state index >= 15 is 0 Å². The van der Waals surface area contributed by atoms with Crippen LogP contribution in [-0.4, -0.2) is 33.3 Å². The average Bonchev–Trinajstić information content (AvgIpc) is 2.98. The van der Waals surface area contributed by atoms with Crippen LogP contribution < -0.4 is 0 Å². The van der Waals surface area contributed by atoms with Gasteiger partial charge in [0.05, 0.1) is 11.6 Å². The van der Waals surface area contributed by atoms with E-state index in [4.69, 9.17) is 0 Å². The lowest BCUT2D eigenvalue weighted by Crippen LogP contribution is -2.32. The van der Waals surface area contributed by atoms with Crippen molar-refractivity contribution in [2.45, 2.75) is 45.1 Å². The molecule has 0 spiro atoms. The zero-order valence-corrected chi connectivity index (χ0v) is 16.7. The van der Waals surface area contributed by atoms with Gasteiger partial charge in [-0.25, -0.2) is 0 Å². The summed E-state index contributed by atoms with van der Waals surface area (Å²) in [6.45, 7) is 2.53. The Morgan fingerprint density at radius 2 is 1.79 bits per heavy atom. The number of phenols is 1. The molecule has 5 nitrogen and oxygen atoms in total. The molecule has 2 aromatic carbocycles. The normalized spacial score (nSPS) is 16.5. The highest BCUT2D eigenvalue weighted by molar-refractivity contribution is 6.09. The molecule has 29 heavy (non-hydrogen) atoms. The Bertz CT molecular complexity index is 904. The van der Waals surface area contributed by atoms with E-state index in [9.17, 15) is 19.8 Å². The molecule has 2 aromatic rings. The van der Waals surface area contributed by atoms with Crippen molar-refractivity contribution < 1.29 is 19.8 Å². The van der Waals surface area contributed by atoms with E-state index in [1.165, 1.54) is 0 Å². The van der Waals surface area contributed by atoms with Crippen molar-refractivity contribution in [3.05, 3.63) is 77.1 Å². The number of aliphatic hydroxyl groups excluding tert-OH is 1. The first-order valence-corrected chi connectivity index (χ1v) is 10.1. The van der Waals surface area contributed by atoms with Crippen LogP contribution in [0.25, 0.3) is 0 Å². The van der Waals surface area contributed by atoms with Gasteiger partial charge in [-0.3, -0.25) is 9.59 Å². The molecule has 1 atom stereocenters. The number of carbonyl (C=O) groups excluding carboxylic acids is 2. The number of aryl methyl sites for hydroxylation is 1. The molecule has 1 unspecified atom stereocenters. The summed E-state index contributed by atoms with van der Waals surface area (Å²) in [5, 5.41) is 20.5. The van der Waals surface area contributed by atoms with E-state index in [2.05, 4.69) is 6.92 Å². The maximum absolute atomic E-state index is 13.1. The molecule has 5 heteroatoms. The molecule has 0 aliphatic carbocycles. The second-order valence-electron chi connectivity index (χ2n) is 7.37. The highest BCUT2D eigenvalue weighted by Crippen LogP contribution is 2.39. The van der Waals surface area contributed by atoms with Crippen LogP contribution in [0.5, 0.6) is 5.75 Å². The van der Waals surface area contributed by atoms with Crippen LogP contribution in [0.3, 0.4) is 0 Å². The zero-order valence-electron chi connectivity index (χ0n) is 16.7. The van der Waals surface area contributed by atoms with Crippen molar-refractivity contribution in [2.75, 3.05) is 6.54 Å². The molecule has 0 bridgehead atoms. The minimum Gasteiger partial charge on any atom is -0.508 e. The Morgan fingerprint density at radius 3 is 2.48 bits per heavy atom. The number of hydrogen-bond acceptors (Lipinski definition) is 4. The third-order valence-corrected chi connectivity index (χ3v) is 5.28. The summed E-state index contributed by atoms with van der Waals surface area (Å²) in [4.78, 5) is 27.4. The molecule has 0 fully saturated rings. The van der Waals surface area contributed by atoms with Crippen molar-refractivity contribution in [1.82, 2.24) is 4.90 Å². The summed E-state index contributed by atoms with van der Waals surface area (Å²) in [5.74, 6) is -1.16. The van der Waals surface area contributed by atoms with Gasteiger partial charge in [0.1, 0.15) is 5.75 Å². The second-order valence-corrected chi connectivity index (χ2v) is 7.37. The molecule has 1 aliphatic rings. The van der Waals surface area contributed by atoms with Gasteiger partial charge in [0.25, 0.3) is 5.91 Å². The maximum Gasteiger partial charge on any atom is 0.290 e. The highest BCUT2D eigenvalue weighted by Gasteiger charge is 2.42. The molecule has 0 saturated heterocycles.